The van der Waals surface area contributed by atoms with Crippen molar-refractivity contribution in [2.24, 2.45) is 5.73 Å². The van der Waals surface area contributed by atoms with Gasteiger partial charge in [-0.05, 0) is 35.4 Å². The highest BCUT2D eigenvalue weighted by Gasteiger charge is 2.30. The standard InChI is InChI=1S/C14H10F4N2O/c15-10-5-8(6-11(19)12(10)13(20)21)7-1-3-9(4-2-7)14(16,17)18/h1-6H,19H2,(H2,20,21). The highest BCUT2D eigenvalue weighted by atomic mass is 19.4. The van der Waals surface area contributed by atoms with Gasteiger partial charge in [-0.1, -0.05) is 12.1 Å². The minimum Gasteiger partial charge on any atom is -0.398 e. The average molecular weight is 298 g/mol. The highest BCUT2D eigenvalue weighted by Crippen LogP contribution is 2.32. The SMILES string of the molecule is NC(=O)c1c(N)cc(-c2ccc(C(F)(F)F)cc2)cc1F. The molecule has 0 aliphatic rings. The van der Waals surface area contributed by atoms with E-state index in [-0.39, 0.29) is 11.3 Å². The maximum absolute atomic E-state index is 13.8. The summed E-state index contributed by atoms with van der Waals surface area (Å²) in [6.07, 6.45) is -4.45. The molecular weight excluding hydrogens is 288 g/mol. The molecule has 4 N–H and O–H groups in total. The fraction of sp³-hybridized carbons (Fsp3) is 0.0714. The van der Waals surface area contributed by atoms with E-state index < -0.39 is 29.0 Å². The topological polar surface area (TPSA) is 69.1 Å². The Morgan fingerprint density at radius 3 is 2.00 bits per heavy atom. The lowest BCUT2D eigenvalue weighted by Gasteiger charge is -2.10. The zero-order valence-corrected chi connectivity index (χ0v) is 10.5. The Morgan fingerprint density at radius 1 is 1.00 bits per heavy atom. The second-order valence-electron chi connectivity index (χ2n) is 4.36. The van der Waals surface area contributed by atoms with Gasteiger partial charge in [0.05, 0.1) is 11.1 Å². The molecule has 110 valence electrons. The van der Waals surface area contributed by atoms with Crippen LogP contribution in [0.25, 0.3) is 11.1 Å². The van der Waals surface area contributed by atoms with Crippen LogP contribution in [0.3, 0.4) is 0 Å². The van der Waals surface area contributed by atoms with E-state index in [1.165, 1.54) is 18.2 Å². The van der Waals surface area contributed by atoms with Gasteiger partial charge in [-0.2, -0.15) is 13.2 Å². The Labute approximate surface area is 117 Å². The van der Waals surface area contributed by atoms with Gasteiger partial charge in [-0.25, -0.2) is 4.39 Å². The molecule has 0 radical (unpaired) electrons. The lowest BCUT2D eigenvalue weighted by atomic mass is 10.0. The van der Waals surface area contributed by atoms with Gasteiger partial charge >= 0.3 is 6.18 Å². The number of nitrogens with two attached hydrogens (primary N) is 2. The summed E-state index contributed by atoms with van der Waals surface area (Å²) in [5.41, 5.74) is 9.70. The first-order valence-corrected chi connectivity index (χ1v) is 5.76. The van der Waals surface area contributed by atoms with Gasteiger partial charge in [0, 0.05) is 5.69 Å². The Bertz CT molecular complexity index is 670. The summed E-state index contributed by atoms with van der Waals surface area (Å²) < 4.78 is 51.1. The third-order valence-electron chi connectivity index (χ3n) is 2.91. The highest BCUT2D eigenvalue weighted by molar-refractivity contribution is 5.99. The predicted octanol–water partition coefficient (Wildman–Crippen LogP) is 3.19. The molecule has 2 rings (SSSR count). The molecule has 0 saturated carbocycles. The number of hydrogen-bond acceptors (Lipinski definition) is 2. The second kappa shape index (κ2) is 5.08. The zero-order valence-electron chi connectivity index (χ0n) is 10.5. The Morgan fingerprint density at radius 2 is 1.57 bits per heavy atom. The molecule has 0 heterocycles. The van der Waals surface area contributed by atoms with Gasteiger partial charge in [-0.15, -0.1) is 0 Å². The first-order valence-electron chi connectivity index (χ1n) is 5.76. The van der Waals surface area contributed by atoms with Crippen LogP contribution in [0.4, 0.5) is 23.2 Å². The maximum Gasteiger partial charge on any atom is 0.416 e. The molecule has 2 aromatic carbocycles. The predicted molar refractivity (Wildman–Crippen MR) is 69.8 cm³/mol. The van der Waals surface area contributed by atoms with Crippen LogP contribution >= 0.6 is 0 Å². The summed E-state index contributed by atoms with van der Waals surface area (Å²) in [5.74, 6) is -1.93. The summed E-state index contributed by atoms with van der Waals surface area (Å²) in [4.78, 5) is 11.0. The number of nitrogen functional groups attached to an aromatic ring is 1. The fourth-order valence-corrected chi connectivity index (χ4v) is 1.91. The van der Waals surface area contributed by atoms with Crippen LogP contribution in [0.1, 0.15) is 15.9 Å². The lowest BCUT2D eigenvalue weighted by Crippen LogP contribution is -2.15. The zero-order chi connectivity index (χ0) is 15.8. The van der Waals surface area contributed by atoms with Crippen molar-refractivity contribution in [2.45, 2.75) is 6.18 Å². The van der Waals surface area contributed by atoms with Crippen molar-refractivity contribution in [3.63, 3.8) is 0 Å². The molecule has 1 amide bonds. The number of hydrogen-bond donors (Lipinski definition) is 2. The number of amides is 1. The van der Waals surface area contributed by atoms with Crippen molar-refractivity contribution in [3.8, 4) is 11.1 Å². The van der Waals surface area contributed by atoms with E-state index >= 15 is 0 Å². The van der Waals surface area contributed by atoms with E-state index in [0.717, 1.165) is 18.2 Å². The van der Waals surface area contributed by atoms with Crippen LogP contribution in [0.2, 0.25) is 0 Å². The second-order valence-corrected chi connectivity index (χ2v) is 4.36. The molecule has 0 fully saturated rings. The Hall–Kier alpha value is -2.57. The molecule has 2 aromatic rings. The van der Waals surface area contributed by atoms with Crippen LogP contribution in [0, 0.1) is 5.82 Å². The van der Waals surface area contributed by atoms with Crippen LogP contribution in [-0.2, 0) is 6.18 Å². The number of primary amides is 1. The number of halogens is 4. The largest absolute Gasteiger partial charge is 0.416 e. The molecule has 21 heavy (non-hydrogen) atoms. The molecule has 0 atom stereocenters. The molecular formula is C14H10F4N2O. The van der Waals surface area contributed by atoms with Gasteiger partial charge in [0.1, 0.15) is 5.82 Å². The third-order valence-corrected chi connectivity index (χ3v) is 2.91. The molecule has 0 aromatic heterocycles. The maximum atomic E-state index is 13.8. The number of carbonyl (C=O) groups is 1. The Kier molecular flexibility index (Phi) is 3.59. The van der Waals surface area contributed by atoms with Crippen LogP contribution in [-0.4, -0.2) is 5.91 Å². The molecule has 0 bridgehead atoms. The third kappa shape index (κ3) is 2.96. The molecule has 0 spiro atoms. The molecule has 0 aliphatic heterocycles. The molecule has 3 nitrogen and oxygen atoms in total. The van der Waals surface area contributed by atoms with E-state index in [0.29, 0.717) is 5.56 Å². The smallest absolute Gasteiger partial charge is 0.398 e. The number of anilines is 1. The number of rotatable bonds is 2. The quantitative estimate of drug-likeness (QED) is 0.660. The van der Waals surface area contributed by atoms with Gasteiger partial charge < -0.3 is 11.5 Å². The van der Waals surface area contributed by atoms with E-state index in [4.69, 9.17) is 11.5 Å². The van der Waals surface area contributed by atoms with E-state index in [1.54, 1.807) is 0 Å². The van der Waals surface area contributed by atoms with Crippen molar-refractivity contribution in [2.75, 3.05) is 5.73 Å². The van der Waals surface area contributed by atoms with Gasteiger partial charge in [0.25, 0.3) is 5.91 Å². The first kappa shape index (κ1) is 14.8. The molecule has 7 heteroatoms. The van der Waals surface area contributed by atoms with Gasteiger partial charge in [0.2, 0.25) is 0 Å². The van der Waals surface area contributed by atoms with Crippen molar-refractivity contribution in [3.05, 3.63) is 53.3 Å². The van der Waals surface area contributed by atoms with Crippen molar-refractivity contribution >= 4 is 11.6 Å². The monoisotopic (exact) mass is 298 g/mol. The summed E-state index contributed by atoms with van der Waals surface area (Å²) in [6.45, 7) is 0. The number of benzene rings is 2. The van der Waals surface area contributed by atoms with Crippen LogP contribution < -0.4 is 11.5 Å². The van der Waals surface area contributed by atoms with E-state index in [1.807, 2.05) is 0 Å². The molecule has 0 unspecified atom stereocenters. The van der Waals surface area contributed by atoms with E-state index in [9.17, 15) is 22.4 Å². The number of carbonyl (C=O) groups excluding carboxylic acids is 1. The van der Waals surface area contributed by atoms with Gasteiger partial charge in [-0.3, -0.25) is 4.79 Å². The first-order chi connectivity index (χ1) is 9.70. The van der Waals surface area contributed by atoms with Gasteiger partial charge in [0.15, 0.2) is 0 Å². The molecule has 0 saturated heterocycles. The van der Waals surface area contributed by atoms with Crippen molar-refractivity contribution in [1.29, 1.82) is 0 Å². The lowest BCUT2D eigenvalue weighted by molar-refractivity contribution is -0.137. The van der Waals surface area contributed by atoms with Crippen molar-refractivity contribution in [1.82, 2.24) is 0 Å². The number of alkyl halides is 3. The van der Waals surface area contributed by atoms with Crippen molar-refractivity contribution < 1.29 is 22.4 Å². The minimum absolute atomic E-state index is 0.169. The van der Waals surface area contributed by atoms with Crippen LogP contribution in [0.5, 0.6) is 0 Å². The van der Waals surface area contributed by atoms with E-state index in [2.05, 4.69) is 0 Å². The summed E-state index contributed by atoms with van der Waals surface area (Å²) in [7, 11) is 0. The normalized spacial score (nSPS) is 11.4. The average Bonchev–Trinajstić information content (AvgIpc) is 2.36. The van der Waals surface area contributed by atoms with Crippen LogP contribution in [0.15, 0.2) is 36.4 Å². The Balaban J connectivity index is 2.46. The minimum atomic E-state index is -4.45. The fourth-order valence-electron chi connectivity index (χ4n) is 1.91. The summed E-state index contributed by atoms with van der Waals surface area (Å²) >= 11 is 0. The summed E-state index contributed by atoms with van der Waals surface area (Å²) in [6, 6.07) is 6.43. The summed E-state index contributed by atoms with van der Waals surface area (Å²) in [5, 5.41) is 0. The molecule has 0 aliphatic carbocycles.